The third kappa shape index (κ3) is 1.26. The van der Waals surface area contributed by atoms with Crippen LogP contribution in [0.25, 0.3) is 0 Å². The molecule has 1 rings (SSSR count). The van der Waals surface area contributed by atoms with Crippen LogP contribution in [0.2, 0.25) is 0 Å². The molecule has 1 N–H and O–H groups in total. The SMILES string of the molecule is CNC(C)C1CC[C@@H]1C. The summed E-state index contributed by atoms with van der Waals surface area (Å²) in [5, 5.41) is 3.30. The van der Waals surface area contributed by atoms with Gasteiger partial charge in [-0.15, -0.1) is 0 Å². The minimum Gasteiger partial charge on any atom is -0.317 e. The zero-order valence-corrected chi connectivity index (χ0v) is 6.65. The van der Waals surface area contributed by atoms with E-state index in [1.165, 1.54) is 12.8 Å². The lowest BCUT2D eigenvalue weighted by molar-refractivity contribution is 0.153. The van der Waals surface area contributed by atoms with E-state index < -0.39 is 0 Å². The normalized spacial score (nSPS) is 37.7. The Morgan fingerprint density at radius 3 is 2.22 bits per heavy atom. The molecule has 1 heteroatoms. The Morgan fingerprint density at radius 2 is 2.11 bits per heavy atom. The third-order valence-electron chi connectivity index (χ3n) is 2.78. The van der Waals surface area contributed by atoms with Gasteiger partial charge in [0.25, 0.3) is 0 Å². The Bertz CT molecular complexity index is 90.6. The predicted molar refractivity (Wildman–Crippen MR) is 40.4 cm³/mol. The summed E-state index contributed by atoms with van der Waals surface area (Å²) in [5.74, 6) is 1.92. The van der Waals surface area contributed by atoms with Crippen molar-refractivity contribution in [2.75, 3.05) is 7.05 Å². The van der Waals surface area contributed by atoms with Gasteiger partial charge in [-0.05, 0) is 32.2 Å². The van der Waals surface area contributed by atoms with Crippen LogP contribution in [0.5, 0.6) is 0 Å². The van der Waals surface area contributed by atoms with E-state index in [0.29, 0.717) is 0 Å². The number of nitrogens with one attached hydrogen (secondary N) is 1. The summed E-state index contributed by atoms with van der Waals surface area (Å²) in [4.78, 5) is 0. The summed E-state index contributed by atoms with van der Waals surface area (Å²) in [6.07, 6.45) is 2.87. The fourth-order valence-corrected chi connectivity index (χ4v) is 1.65. The molecule has 1 aliphatic rings. The van der Waals surface area contributed by atoms with Crippen molar-refractivity contribution in [3.8, 4) is 0 Å². The van der Waals surface area contributed by atoms with Crippen LogP contribution in [-0.2, 0) is 0 Å². The first kappa shape index (κ1) is 7.07. The molecule has 1 aliphatic carbocycles. The lowest BCUT2D eigenvalue weighted by Crippen LogP contribution is -2.39. The molecule has 9 heavy (non-hydrogen) atoms. The highest BCUT2D eigenvalue weighted by Gasteiger charge is 2.30. The zero-order valence-electron chi connectivity index (χ0n) is 6.65. The first-order valence-corrected chi connectivity index (χ1v) is 3.93. The van der Waals surface area contributed by atoms with Gasteiger partial charge in [0.2, 0.25) is 0 Å². The fourth-order valence-electron chi connectivity index (χ4n) is 1.65. The van der Waals surface area contributed by atoms with Gasteiger partial charge in [0, 0.05) is 6.04 Å². The van der Waals surface area contributed by atoms with E-state index in [-0.39, 0.29) is 0 Å². The van der Waals surface area contributed by atoms with E-state index in [9.17, 15) is 0 Å². The van der Waals surface area contributed by atoms with Crippen molar-refractivity contribution in [1.82, 2.24) is 5.32 Å². The highest BCUT2D eigenvalue weighted by Crippen LogP contribution is 2.35. The zero-order chi connectivity index (χ0) is 6.85. The molecule has 0 bridgehead atoms. The smallest absolute Gasteiger partial charge is 0.00665 e. The molecule has 0 aliphatic heterocycles. The van der Waals surface area contributed by atoms with Gasteiger partial charge >= 0.3 is 0 Å². The van der Waals surface area contributed by atoms with Crippen molar-refractivity contribution < 1.29 is 0 Å². The van der Waals surface area contributed by atoms with Crippen LogP contribution in [0.3, 0.4) is 0 Å². The second-order valence-electron chi connectivity index (χ2n) is 3.30. The Balaban J connectivity index is 2.25. The monoisotopic (exact) mass is 127 g/mol. The minimum atomic E-state index is 0.730. The highest BCUT2D eigenvalue weighted by atomic mass is 14.9. The first-order valence-electron chi connectivity index (χ1n) is 3.93. The van der Waals surface area contributed by atoms with Crippen molar-refractivity contribution in [2.24, 2.45) is 11.8 Å². The van der Waals surface area contributed by atoms with Gasteiger partial charge in [-0.3, -0.25) is 0 Å². The molecule has 1 saturated carbocycles. The average molecular weight is 127 g/mol. The summed E-state index contributed by atoms with van der Waals surface area (Å²) >= 11 is 0. The van der Waals surface area contributed by atoms with Crippen molar-refractivity contribution in [3.63, 3.8) is 0 Å². The van der Waals surface area contributed by atoms with Crippen LogP contribution < -0.4 is 5.32 Å². The van der Waals surface area contributed by atoms with Crippen molar-refractivity contribution >= 4 is 0 Å². The van der Waals surface area contributed by atoms with Gasteiger partial charge in [-0.1, -0.05) is 13.3 Å². The fraction of sp³-hybridized carbons (Fsp3) is 1.00. The van der Waals surface area contributed by atoms with E-state index in [2.05, 4.69) is 26.2 Å². The van der Waals surface area contributed by atoms with Crippen LogP contribution in [-0.4, -0.2) is 13.1 Å². The van der Waals surface area contributed by atoms with Gasteiger partial charge < -0.3 is 5.32 Å². The van der Waals surface area contributed by atoms with Crippen LogP contribution in [0.15, 0.2) is 0 Å². The van der Waals surface area contributed by atoms with Crippen LogP contribution in [0.1, 0.15) is 26.7 Å². The topological polar surface area (TPSA) is 12.0 Å². The van der Waals surface area contributed by atoms with Crippen LogP contribution in [0, 0.1) is 11.8 Å². The van der Waals surface area contributed by atoms with Crippen molar-refractivity contribution in [1.29, 1.82) is 0 Å². The molecular weight excluding hydrogens is 110 g/mol. The van der Waals surface area contributed by atoms with Gasteiger partial charge in [-0.2, -0.15) is 0 Å². The van der Waals surface area contributed by atoms with E-state index in [0.717, 1.165) is 17.9 Å². The Kier molecular flexibility index (Phi) is 2.12. The van der Waals surface area contributed by atoms with Crippen LogP contribution >= 0.6 is 0 Å². The summed E-state index contributed by atoms with van der Waals surface area (Å²) in [7, 11) is 2.05. The molecule has 0 aromatic rings. The molecule has 0 amide bonds. The molecule has 0 radical (unpaired) electrons. The third-order valence-corrected chi connectivity index (χ3v) is 2.78. The standard InChI is InChI=1S/C8H17N/c1-6-4-5-8(6)7(2)9-3/h6-9H,4-5H2,1-3H3/t6-,7?,8?/m0/s1. The molecular formula is C8H17N. The molecule has 0 spiro atoms. The van der Waals surface area contributed by atoms with Gasteiger partial charge in [-0.25, -0.2) is 0 Å². The lowest BCUT2D eigenvalue weighted by atomic mass is 9.71. The predicted octanol–water partition coefficient (Wildman–Crippen LogP) is 1.64. The van der Waals surface area contributed by atoms with Gasteiger partial charge in [0.1, 0.15) is 0 Å². The summed E-state index contributed by atoms with van der Waals surface area (Å²) < 4.78 is 0. The molecule has 0 heterocycles. The van der Waals surface area contributed by atoms with Crippen molar-refractivity contribution in [2.45, 2.75) is 32.7 Å². The van der Waals surface area contributed by atoms with Crippen LogP contribution in [0.4, 0.5) is 0 Å². The van der Waals surface area contributed by atoms with Gasteiger partial charge in [0.05, 0.1) is 0 Å². The average Bonchev–Trinajstić information content (AvgIpc) is 1.84. The largest absolute Gasteiger partial charge is 0.317 e. The molecule has 54 valence electrons. The maximum Gasteiger partial charge on any atom is 0.00665 e. The highest BCUT2D eigenvalue weighted by molar-refractivity contribution is 4.83. The molecule has 2 unspecified atom stereocenters. The summed E-state index contributed by atoms with van der Waals surface area (Å²) in [5.41, 5.74) is 0. The minimum absolute atomic E-state index is 0.730. The second-order valence-corrected chi connectivity index (χ2v) is 3.30. The molecule has 0 saturated heterocycles. The molecule has 0 aromatic carbocycles. The Hall–Kier alpha value is -0.0400. The van der Waals surface area contributed by atoms with E-state index in [1.807, 2.05) is 0 Å². The lowest BCUT2D eigenvalue weighted by Gasteiger charge is -2.38. The molecule has 1 nitrogen and oxygen atoms in total. The molecule has 1 fully saturated rings. The molecule has 3 atom stereocenters. The molecule has 0 aromatic heterocycles. The quantitative estimate of drug-likeness (QED) is 0.594. The summed E-state index contributed by atoms with van der Waals surface area (Å²) in [6, 6.07) is 0.730. The van der Waals surface area contributed by atoms with Crippen molar-refractivity contribution in [3.05, 3.63) is 0 Å². The van der Waals surface area contributed by atoms with E-state index in [1.54, 1.807) is 0 Å². The number of hydrogen-bond donors (Lipinski definition) is 1. The van der Waals surface area contributed by atoms with Gasteiger partial charge in [0.15, 0.2) is 0 Å². The Labute approximate surface area is 57.8 Å². The number of hydrogen-bond acceptors (Lipinski definition) is 1. The maximum atomic E-state index is 3.30. The maximum absolute atomic E-state index is 3.30. The summed E-state index contributed by atoms with van der Waals surface area (Å²) in [6.45, 7) is 4.63. The second kappa shape index (κ2) is 2.70. The van der Waals surface area contributed by atoms with E-state index in [4.69, 9.17) is 0 Å². The first-order chi connectivity index (χ1) is 4.25. The van der Waals surface area contributed by atoms with E-state index >= 15 is 0 Å². The number of rotatable bonds is 2. The Morgan fingerprint density at radius 1 is 1.44 bits per heavy atom.